The van der Waals surface area contributed by atoms with Crippen molar-refractivity contribution >= 4 is 11.9 Å². The van der Waals surface area contributed by atoms with Crippen LogP contribution in [-0.4, -0.2) is 52.3 Å². The number of nitrogens with zero attached hydrogens (tertiary/aromatic N) is 2. The van der Waals surface area contributed by atoms with Gasteiger partial charge in [-0.05, 0) is 12.1 Å². The summed E-state index contributed by atoms with van der Waals surface area (Å²) in [5.41, 5.74) is 0.552. The Labute approximate surface area is 98.4 Å². The van der Waals surface area contributed by atoms with Crippen molar-refractivity contribution in [3.63, 3.8) is 0 Å². The molecule has 1 amide bonds. The van der Waals surface area contributed by atoms with Crippen molar-refractivity contribution in [3.8, 4) is 0 Å². The summed E-state index contributed by atoms with van der Waals surface area (Å²) >= 11 is 0. The van der Waals surface area contributed by atoms with Crippen LogP contribution in [0.5, 0.6) is 0 Å². The van der Waals surface area contributed by atoms with E-state index in [1.54, 1.807) is 29.9 Å². The van der Waals surface area contributed by atoms with E-state index < -0.39 is 12.1 Å². The van der Waals surface area contributed by atoms with Gasteiger partial charge in [0.15, 0.2) is 6.10 Å². The van der Waals surface area contributed by atoms with Crippen molar-refractivity contribution in [2.45, 2.75) is 6.10 Å². The largest absolute Gasteiger partial charge is 0.479 e. The van der Waals surface area contributed by atoms with Crippen LogP contribution in [0.15, 0.2) is 18.3 Å². The number of hydrogen-bond donors (Lipinski definition) is 1. The molecule has 1 aromatic rings. The molecule has 0 bridgehead atoms. The lowest BCUT2D eigenvalue weighted by Crippen LogP contribution is -2.48. The molecule has 1 aliphatic heterocycles. The number of hydrogen-bond acceptors (Lipinski definition) is 3. The first-order valence-electron chi connectivity index (χ1n) is 5.34. The maximum Gasteiger partial charge on any atom is 0.334 e. The highest BCUT2D eigenvalue weighted by Crippen LogP contribution is 2.11. The van der Waals surface area contributed by atoms with Crippen molar-refractivity contribution in [2.24, 2.45) is 7.05 Å². The summed E-state index contributed by atoms with van der Waals surface area (Å²) < 4.78 is 6.78. The average molecular weight is 238 g/mol. The second kappa shape index (κ2) is 4.58. The lowest BCUT2D eigenvalue weighted by molar-refractivity contribution is -0.154. The van der Waals surface area contributed by atoms with E-state index in [1.165, 1.54) is 4.90 Å². The van der Waals surface area contributed by atoms with Crippen LogP contribution in [0.1, 0.15) is 10.5 Å². The number of carbonyl (C=O) groups is 2. The first-order chi connectivity index (χ1) is 8.09. The SMILES string of the molecule is Cn1cccc1C(=O)N1CCO[C@H](C(=O)O)C1. The van der Waals surface area contributed by atoms with Crippen LogP contribution in [-0.2, 0) is 16.6 Å². The zero-order valence-electron chi connectivity index (χ0n) is 9.50. The van der Waals surface area contributed by atoms with Gasteiger partial charge in [-0.15, -0.1) is 0 Å². The molecule has 1 saturated heterocycles. The minimum atomic E-state index is -1.03. The number of carboxylic acid groups (broad SMARTS) is 1. The minimum Gasteiger partial charge on any atom is -0.479 e. The molecule has 0 spiro atoms. The highest BCUT2D eigenvalue weighted by molar-refractivity contribution is 5.93. The Balaban J connectivity index is 2.10. The lowest BCUT2D eigenvalue weighted by atomic mass is 10.2. The van der Waals surface area contributed by atoms with Gasteiger partial charge in [0.05, 0.1) is 13.2 Å². The fourth-order valence-electron chi connectivity index (χ4n) is 1.83. The molecule has 6 heteroatoms. The summed E-state index contributed by atoms with van der Waals surface area (Å²) in [6, 6.07) is 3.50. The highest BCUT2D eigenvalue weighted by Gasteiger charge is 2.30. The summed E-state index contributed by atoms with van der Waals surface area (Å²) in [7, 11) is 1.78. The Morgan fingerprint density at radius 2 is 2.29 bits per heavy atom. The number of amides is 1. The summed E-state index contributed by atoms with van der Waals surface area (Å²) in [5.74, 6) is -1.19. The van der Waals surface area contributed by atoms with E-state index in [9.17, 15) is 9.59 Å². The molecule has 2 heterocycles. The molecular formula is C11H14N2O4. The highest BCUT2D eigenvalue weighted by atomic mass is 16.5. The van der Waals surface area contributed by atoms with Gasteiger partial charge in [0, 0.05) is 19.8 Å². The monoisotopic (exact) mass is 238 g/mol. The van der Waals surface area contributed by atoms with E-state index >= 15 is 0 Å². The van der Waals surface area contributed by atoms with E-state index in [-0.39, 0.29) is 19.1 Å². The fourth-order valence-corrected chi connectivity index (χ4v) is 1.83. The van der Waals surface area contributed by atoms with Crippen molar-refractivity contribution < 1.29 is 19.4 Å². The molecule has 0 unspecified atom stereocenters. The van der Waals surface area contributed by atoms with Gasteiger partial charge >= 0.3 is 5.97 Å². The third kappa shape index (κ3) is 2.31. The van der Waals surface area contributed by atoms with Crippen LogP contribution >= 0.6 is 0 Å². The van der Waals surface area contributed by atoms with Crippen molar-refractivity contribution in [1.29, 1.82) is 0 Å². The third-order valence-electron chi connectivity index (χ3n) is 2.79. The zero-order valence-corrected chi connectivity index (χ0v) is 9.50. The van der Waals surface area contributed by atoms with Gasteiger partial charge in [-0.25, -0.2) is 4.79 Å². The number of ether oxygens (including phenoxy) is 1. The summed E-state index contributed by atoms with van der Waals surface area (Å²) in [4.78, 5) is 24.4. The van der Waals surface area contributed by atoms with Gasteiger partial charge in [-0.3, -0.25) is 4.79 Å². The van der Waals surface area contributed by atoms with Crippen LogP contribution in [0.2, 0.25) is 0 Å². The zero-order chi connectivity index (χ0) is 12.4. The number of rotatable bonds is 2. The quantitative estimate of drug-likeness (QED) is 0.784. The van der Waals surface area contributed by atoms with Gasteiger partial charge in [0.25, 0.3) is 5.91 Å². The molecule has 0 radical (unpaired) electrons. The predicted molar refractivity (Wildman–Crippen MR) is 58.7 cm³/mol. The number of carbonyl (C=O) groups excluding carboxylic acids is 1. The van der Waals surface area contributed by atoms with Gasteiger partial charge in [-0.1, -0.05) is 0 Å². The first-order valence-corrected chi connectivity index (χ1v) is 5.34. The fraction of sp³-hybridized carbons (Fsp3) is 0.455. The second-order valence-corrected chi connectivity index (χ2v) is 3.95. The second-order valence-electron chi connectivity index (χ2n) is 3.95. The third-order valence-corrected chi connectivity index (χ3v) is 2.79. The molecule has 2 rings (SSSR count). The van der Waals surface area contributed by atoms with E-state index in [0.29, 0.717) is 12.2 Å². The molecule has 17 heavy (non-hydrogen) atoms. The first kappa shape index (κ1) is 11.7. The summed E-state index contributed by atoms with van der Waals surface area (Å²) in [6.45, 7) is 0.778. The van der Waals surface area contributed by atoms with Gasteiger partial charge in [0.1, 0.15) is 5.69 Å². The van der Waals surface area contributed by atoms with Crippen LogP contribution < -0.4 is 0 Å². The smallest absolute Gasteiger partial charge is 0.334 e. The predicted octanol–water partition coefficient (Wildman–Crippen LogP) is -0.0493. The topological polar surface area (TPSA) is 71.8 Å². The van der Waals surface area contributed by atoms with Crippen LogP contribution in [0.25, 0.3) is 0 Å². The normalized spacial score (nSPS) is 20.3. The Morgan fingerprint density at radius 1 is 1.53 bits per heavy atom. The standard InChI is InChI=1S/C11H14N2O4/c1-12-4-2-3-8(12)10(14)13-5-6-17-9(7-13)11(15)16/h2-4,9H,5-7H2,1H3,(H,15,16)/t9-/m0/s1. The van der Waals surface area contributed by atoms with Gasteiger partial charge in [-0.2, -0.15) is 0 Å². The van der Waals surface area contributed by atoms with Gasteiger partial charge in [0.2, 0.25) is 0 Å². The van der Waals surface area contributed by atoms with Crippen LogP contribution in [0, 0.1) is 0 Å². The number of aliphatic carboxylic acids is 1. The van der Waals surface area contributed by atoms with Crippen molar-refractivity contribution in [3.05, 3.63) is 24.0 Å². The lowest BCUT2D eigenvalue weighted by Gasteiger charge is -2.30. The van der Waals surface area contributed by atoms with Crippen molar-refractivity contribution in [1.82, 2.24) is 9.47 Å². The Kier molecular flexibility index (Phi) is 3.14. The molecule has 92 valence electrons. The molecule has 1 N–H and O–H groups in total. The number of aryl methyl sites for hydroxylation is 1. The van der Waals surface area contributed by atoms with E-state index in [0.717, 1.165) is 0 Å². The molecule has 1 atom stereocenters. The van der Waals surface area contributed by atoms with Crippen LogP contribution in [0.3, 0.4) is 0 Å². The molecule has 0 aliphatic carbocycles. The van der Waals surface area contributed by atoms with E-state index in [4.69, 9.17) is 9.84 Å². The number of morpholine rings is 1. The summed E-state index contributed by atoms with van der Waals surface area (Å²) in [6.07, 6.45) is 0.857. The maximum absolute atomic E-state index is 12.1. The van der Waals surface area contributed by atoms with Gasteiger partial charge < -0.3 is 19.3 Å². The Morgan fingerprint density at radius 3 is 2.88 bits per heavy atom. The number of aromatic nitrogens is 1. The maximum atomic E-state index is 12.1. The van der Waals surface area contributed by atoms with Crippen LogP contribution in [0.4, 0.5) is 0 Å². The summed E-state index contributed by atoms with van der Waals surface area (Å²) in [5, 5.41) is 8.85. The van der Waals surface area contributed by atoms with E-state index in [2.05, 4.69) is 0 Å². The molecular weight excluding hydrogens is 224 g/mol. The molecule has 6 nitrogen and oxygen atoms in total. The van der Waals surface area contributed by atoms with Crippen molar-refractivity contribution in [2.75, 3.05) is 19.7 Å². The Hall–Kier alpha value is -1.82. The molecule has 0 saturated carbocycles. The molecule has 1 aromatic heterocycles. The van der Waals surface area contributed by atoms with E-state index in [1.807, 2.05) is 0 Å². The molecule has 1 fully saturated rings. The Bertz CT molecular complexity index is 440. The molecule has 0 aromatic carbocycles. The average Bonchev–Trinajstić information content (AvgIpc) is 2.74. The minimum absolute atomic E-state index is 0.0966. The number of carboxylic acids is 1. The molecule has 1 aliphatic rings.